The topological polar surface area (TPSA) is 71.7 Å². The van der Waals surface area contributed by atoms with Crippen molar-refractivity contribution in [3.8, 4) is 5.75 Å². The van der Waals surface area contributed by atoms with E-state index in [4.69, 9.17) is 14.3 Å². The Morgan fingerprint density at radius 3 is 2.75 bits per heavy atom. The van der Waals surface area contributed by atoms with Gasteiger partial charge in [0, 0.05) is 18.2 Å². The average molecular weight is 385 g/mol. The molecule has 1 aliphatic carbocycles. The maximum Gasteiger partial charge on any atom is 0.191 e. The van der Waals surface area contributed by atoms with Gasteiger partial charge in [-0.15, -0.1) is 0 Å². The Bertz CT molecular complexity index is 779. The van der Waals surface area contributed by atoms with Gasteiger partial charge in [-0.25, -0.2) is 4.99 Å². The van der Waals surface area contributed by atoms with E-state index in [1.807, 2.05) is 6.07 Å². The second-order valence-electron chi connectivity index (χ2n) is 7.32. The first-order chi connectivity index (χ1) is 13.7. The second kappa shape index (κ2) is 10.2. The molecule has 0 spiro atoms. The number of hydrogen-bond acceptors (Lipinski definition) is 4. The average Bonchev–Trinajstić information content (AvgIpc) is 3.37. The molecule has 0 unspecified atom stereocenters. The quantitative estimate of drug-likeness (QED) is 0.529. The van der Waals surface area contributed by atoms with Gasteiger partial charge in [0.2, 0.25) is 0 Å². The fourth-order valence-electron chi connectivity index (χ4n) is 3.37. The first-order valence-corrected chi connectivity index (χ1v) is 10.4. The monoisotopic (exact) mass is 384 g/mol. The van der Waals surface area contributed by atoms with E-state index in [0.29, 0.717) is 19.2 Å². The molecule has 1 heterocycles. The number of ether oxygens (including phenoxy) is 1. The molecule has 0 atom stereocenters. The lowest BCUT2D eigenvalue weighted by molar-refractivity contribution is 0.208. The summed E-state index contributed by atoms with van der Waals surface area (Å²) >= 11 is 0. The summed E-state index contributed by atoms with van der Waals surface area (Å²) in [5.74, 6) is 2.53. The number of nitrogens with one attached hydrogen (secondary N) is 2. The lowest BCUT2D eigenvalue weighted by atomic mass is 10.1. The zero-order chi connectivity index (χ0) is 19.8. The molecule has 28 heavy (non-hydrogen) atoms. The van der Waals surface area contributed by atoms with Crippen molar-refractivity contribution < 1.29 is 9.26 Å². The van der Waals surface area contributed by atoms with Crippen LogP contribution in [0.2, 0.25) is 0 Å². The van der Waals surface area contributed by atoms with Crippen LogP contribution in [-0.4, -0.2) is 23.8 Å². The number of rotatable bonds is 8. The smallest absolute Gasteiger partial charge is 0.191 e. The Kier molecular flexibility index (Phi) is 7.34. The fourth-order valence-corrected chi connectivity index (χ4v) is 3.37. The van der Waals surface area contributed by atoms with E-state index in [-0.39, 0.29) is 0 Å². The minimum atomic E-state index is 0.343. The van der Waals surface area contributed by atoms with E-state index in [1.54, 1.807) is 0 Å². The standard InChI is InChI=1S/C22H32N4O2/c1-4-18-13-20(28-26-18)15-25-22(23-5-2)24-14-17-11-10-16(3)12-21(17)27-19-8-6-7-9-19/h10-13,19H,4-9,14-15H2,1-3H3,(H2,23,24,25). The van der Waals surface area contributed by atoms with Crippen molar-refractivity contribution in [3.05, 3.63) is 46.8 Å². The highest BCUT2D eigenvalue weighted by molar-refractivity contribution is 5.79. The third-order valence-electron chi connectivity index (χ3n) is 4.97. The minimum Gasteiger partial charge on any atom is -0.490 e. The van der Waals surface area contributed by atoms with Crippen LogP contribution < -0.4 is 15.4 Å². The predicted molar refractivity (Wildman–Crippen MR) is 112 cm³/mol. The van der Waals surface area contributed by atoms with Crippen LogP contribution in [0.25, 0.3) is 0 Å². The Morgan fingerprint density at radius 2 is 2.04 bits per heavy atom. The summed E-state index contributed by atoms with van der Waals surface area (Å²) in [6.07, 6.45) is 6.04. The van der Waals surface area contributed by atoms with Crippen LogP contribution in [0.5, 0.6) is 5.75 Å². The first kappa shape index (κ1) is 20.2. The van der Waals surface area contributed by atoms with E-state index in [1.165, 1.54) is 18.4 Å². The molecule has 2 aromatic rings. The lowest BCUT2D eigenvalue weighted by Crippen LogP contribution is -2.36. The van der Waals surface area contributed by atoms with E-state index in [0.717, 1.165) is 54.5 Å². The summed E-state index contributed by atoms with van der Waals surface area (Å²) in [6, 6.07) is 8.35. The van der Waals surface area contributed by atoms with Gasteiger partial charge in [0.1, 0.15) is 5.75 Å². The van der Waals surface area contributed by atoms with Crippen molar-refractivity contribution in [2.75, 3.05) is 6.54 Å². The summed E-state index contributed by atoms with van der Waals surface area (Å²) < 4.78 is 11.6. The minimum absolute atomic E-state index is 0.343. The number of aromatic nitrogens is 1. The number of aliphatic imine (C=N–C) groups is 1. The molecular weight excluding hydrogens is 352 g/mol. The Hall–Kier alpha value is -2.50. The summed E-state index contributed by atoms with van der Waals surface area (Å²) in [4.78, 5) is 4.74. The molecule has 6 nitrogen and oxygen atoms in total. The van der Waals surface area contributed by atoms with Crippen LogP contribution in [0.1, 0.15) is 62.1 Å². The molecule has 0 radical (unpaired) electrons. The van der Waals surface area contributed by atoms with Crippen LogP contribution in [0, 0.1) is 6.92 Å². The number of nitrogens with zero attached hydrogens (tertiary/aromatic N) is 2. The zero-order valence-corrected chi connectivity index (χ0v) is 17.3. The molecule has 1 aliphatic rings. The molecule has 1 saturated carbocycles. The molecule has 152 valence electrons. The third-order valence-corrected chi connectivity index (χ3v) is 4.97. The van der Waals surface area contributed by atoms with Crippen LogP contribution in [-0.2, 0) is 19.5 Å². The highest BCUT2D eigenvalue weighted by Gasteiger charge is 2.18. The summed E-state index contributed by atoms with van der Waals surface area (Å²) in [5.41, 5.74) is 3.29. The van der Waals surface area contributed by atoms with E-state index in [9.17, 15) is 0 Å². The fraction of sp³-hybridized carbons (Fsp3) is 0.545. The van der Waals surface area contributed by atoms with Gasteiger partial charge >= 0.3 is 0 Å². The maximum absolute atomic E-state index is 6.29. The normalized spacial score (nSPS) is 15.0. The van der Waals surface area contributed by atoms with Gasteiger partial charge in [0.25, 0.3) is 0 Å². The highest BCUT2D eigenvalue weighted by atomic mass is 16.5. The SMILES string of the molecule is CCNC(=NCc1ccc(C)cc1OC1CCCC1)NCc1cc(CC)no1. The van der Waals surface area contributed by atoms with Crippen molar-refractivity contribution in [3.63, 3.8) is 0 Å². The van der Waals surface area contributed by atoms with Gasteiger partial charge in [0.15, 0.2) is 11.7 Å². The lowest BCUT2D eigenvalue weighted by Gasteiger charge is -2.17. The summed E-state index contributed by atoms with van der Waals surface area (Å²) in [6.45, 7) is 8.13. The maximum atomic E-state index is 6.29. The molecule has 6 heteroatoms. The molecular formula is C22H32N4O2. The molecule has 2 N–H and O–H groups in total. The van der Waals surface area contributed by atoms with Gasteiger partial charge in [-0.3, -0.25) is 0 Å². The predicted octanol–water partition coefficient (Wildman–Crippen LogP) is 4.12. The number of hydrogen-bond donors (Lipinski definition) is 2. The van der Waals surface area contributed by atoms with E-state index < -0.39 is 0 Å². The third kappa shape index (κ3) is 5.75. The molecule has 0 bridgehead atoms. The number of aryl methyl sites for hydroxylation is 2. The van der Waals surface area contributed by atoms with Gasteiger partial charge in [-0.1, -0.05) is 24.2 Å². The van der Waals surface area contributed by atoms with Crippen molar-refractivity contribution in [2.45, 2.75) is 72.1 Å². The molecule has 3 rings (SSSR count). The van der Waals surface area contributed by atoms with Gasteiger partial charge in [0.05, 0.1) is 24.9 Å². The van der Waals surface area contributed by atoms with Crippen molar-refractivity contribution in [1.29, 1.82) is 0 Å². The van der Waals surface area contributed by atoms with Crippen LogP contribution >= 0.6 is 0 Å². The number of guanidine groups is 1. The molecule has 1 fully saturated rings. The van der Waals surface area contributed by atoms with Crippen molar-refractivity contribution >= 4 is 5.96 Å². The molecule has 0 aliphatic heterocycles. The molecule has 1 aromatic heterocycles. The van der Waals surface area contributed by atoms with E-state index in [2.05, 4.69) is 54.8 Å². The Balaban J connectivity index is 1.65. The molecule has 0 amide bonds. The Labute approximate surface area is 167 Å². The van der Waals surface area contributed by atoms with Gasteiger partial charge in [-0.05, 0) is 57.6 Å². The Morgan fingerprint density at radius 1 is 1.21 bits per heavy atom. The van der Waals surface area contributed by atoms with Crippen molar-refractivity contribution in [1.82, 2.24) is 15.8 Å². The summed E-state index contributed by atoms with van der Waals surface area (Å²) in [7, 11) is 0. The van der Waals surface area contributed by atoms with Crippen LogP contribution in [0.15, 0.2) is 33.8 Å². The van der Waals surface area contributed by atoms with Crippen LogP contribution in [0.4, 0.5) is 0 Å². The largest absolute Gasteiger partial charge is 0.490 e. The first-order valence-electron chi connectivity index (χ1n) is 10.4. The van der Waals surface area contributed by atoms with Gasteiger partial charge in [-0.2, -0.15) is 0 Å². The number of benzene rings is 1. The summed E-state index contributed by atoms with van der Waals surface area (Å²) in [5, 5.41) is 10.6. The second-order valence-corrected chi connectivity index (χ2v) is 7.32. The van der Waals surface area contributed by atoms with Crippen molar-refractivity contribution in [2.24, 2.45) is 4.99 Å². The molecule has 0 saturated heterocycles. The van der Waals surface area contributed by atoms with E-state index >= 15 is 0 Å². The van der Waals surface area contributed by atoms with Crippen LogP contribution in [0.3, 0.4) is 0 Å². The van der Waals surface area contributed by atoms with Gasteiger partial charge < -0.3 is 19.9 Å². The highest BCUT2D eigenvalue weighted by Crippen LogP contribution is 2.28. The molecule has 1 aromatic carbocycles. The zero-order valence-electron chi connectivity index (χ0n) is 17.3.